The molecule has 0 atom stereocenters. The molecule has 2 heterocycles. The summed E-state index contributed by atoms with van der Waals surface area (Å²) in [5.41, 5.74) is 6.76. The molecule has 134 valence electrons. The van der Waals surface area contributed by atoms with E-state index in [1.165, 1.54) is 18.2 Å². The summed E-state index contributed by atoms with van der Waals surface area (Å²) in [7, 11) is 1.39. The summed E-state index contributed by atoms with van der Waals surface area (Å²) >= 11 is 0. The number of benzene rings is 2. The molecule has 2 aromatic heterocycles. The summed E-state index contributed by atoms with van der Waals surface area (Å²) in [6.45, 7) is 2.07. The van der Waals surface area contributed by atoms with Crippen molar-refractivity contribution in [3.63, 3.8) is 0 Å². The second-order valence-electron chi connectivity index (χ2n) is 6.57. The molecule has 0 aliphatic carbocycles. The first-order chi connectivity index (χ1) is 13.2. The Hall–Kier alpha value is -3.40. The van der Waals surface area contributed by atoms with E-state index in [1.807, 2.05) is 34.9 Å². The number of rotatable bonds is 4. The van der Waals surface area contributed by atoms with Crippen LogP contribution in [0.4, 0.5) is 0 Å². The fourth-order valence-electron chi connectivity index (χ4n) is 3.23. The summed E-state index contributed by atoms with van der Waals surface area (Å²) in [5.74, 6) is -0.354. The van der Waals surface area contributed by atoms with Gasteiger partial charge in [0.1, 0.15) is 5.65 Å². The second kappa shape index (κ2) is 7.08. The fourth-order valence-corrected chi connectivity index (χ4v) is 3.23. The van der Waals surface area contributed by atoms with Crippen molar-refractivity contribution in [2.24, 2.45) is 0 Å². The van der Waals surface area contributed by atoms with Crippen LogP contribution in [0.15, 0.2) is 72.9 Å². The van der Waals surface area contributed by atoms with Crippen molar-refractivity contribution in [1.82, 2.24) is 9.38 Å². The van der Waals surface area contributed by atoms with Gasteiger partial charge in [-0.1, -0.05) is 60.2 Å². The maximum absolute atomic E-state index is 12.0. The first-order valence-corrected chi connectivity index (χ1v) is 8.86. The van der Waals surface area contributed by atoms with Gasteiger partial charge in [-0.15, -0.1) is 0 Å². The zero-order chi connectivity index (χ0) is 18.8. The maximum Gasteiger partial charge on any atom is 0.339 e. The Morgan fingerprint density at radius 3 is 2.44 bits per heavy atom. The first kappa shape index (κ1) is 17.0. The first-order valence-electron chi connectivity index (χ1n) is 8.86. The van der Waals surface area contributed by atoms with Crippen LogP contribution in [0.25, 0.3) is 16.9 Å². The molecule has 0 aliphatic heterocycles. The van der Waals surface area contributed by atoms with Crippen LogP contribution in [0.1, 0.15) is 27.2 Å². The molecule has 0 bridgehead atoms. The standard InChI is InChI=1S/C23H20N2O2/c1-16-8-10-18(11-9-16)22-20(14-17-6-4-3-5-7-17)25-15-19(23(26)27-2)12-13-21(25)24-22/h3-13,15H,14H2,1-2H3. The van der Waals surface area contributed by atoms with Gasteiger partial charge in [0.25, 0.3) is 0 Å². The molecule has 0 amide bonds. The molecule has 4 nitrogen and oxygen atoms in total. The van der Waals surface area contributed by atoms with Crippen LogP contribution in [0.3, 0.4) is 0 Å². The molecular weight excluding hydrogens is 336 g/mol. The van der Waals surface area contributed by atoms with Gasteiger partial charge < -0.3 is 9.14 Å². The van der Waals surface area contributed by atoms with Crippen LogP contribution in [-0.2, 0) is 11.2 Å². The lowest BCUT2D eigenvalue weighted by atomic mass is 10.0. The van der Waals surface area contributed by atoms with Gasteiger partial charge >= 0.3 is 5.97 Å². The number of carbonyl (C=O) groups is 1. The van der Waals surface area contributed by atoms with E-state index in [1.54, 1.807) is 6.07 Å². The van der Waals surface area contributed by atoms with E-state index >= 15 is 0 Å². The highest BCUT2D eigenvalue weighted by Gasteiger charge is 2.16. The lowest BCUT2D eigenvalue weighted by Gasteiger charge is -2.07. The zero-order valence-corrected chi connectivity index (χ0v) is 15.3. The highest BCUT2D eigenvalue weighted by molar-refractivity contribution is 5.89. The third-order valence-electron chi connectivity index (χ3n) is 4.68. The number of nitrogens with zero attached hydrogens (tertiary/aromatic N) is 2. The molecule has 0 spiro atoms. The highest BCUT2D eigenvalue weighted by Crippen LogP contribution is 2.27. The smallest absolute Gasteiger partial charge is 0.339 e. The molecule has 0 unspecified atom stereocenters. The Labute approximate surface area is 158 Å². The van der Waals surface area contributed by atoms with Gasteiger partial charge in [-0.05, 0) is 24.6 Å². The second-order valence-corrected chi connectivity index (χ2v) is 6.57. The maximum atomic E-state index is 12.0. The average molecular weight is 356 g/mol. The summed E-state index contributed by atoms with van der Waals surface area (Å²) in [6, 6.07) is 22.2. The number of imidazole rings is 1. The molecule has 0 saturated carbocycles. The average Bonchev–Trinajstić information content (AvgIpc) is 3.06. The monoisotopic (exact) mass is 356 g/mol. The number of fused-ring (bicyclic) bond motifs is 1. The van der Waals surface area contributed by atoms with Crippen LogP contribution >= 0.6 is 0 Å². The van der Waals surface area contributed by atoms with Crippen molar-refractivity contribution in [1.29, 1.82) is 0 Å². The van der Waals surface area contributed by atoms with Crippen LogP contribution < -0.4 is 0 Å². The number of aryl methyl sites for hydroxylation is 1. The summed E-state index contributed by atoms with van der Waals surface area (Å²) in [4.78, 5) is 16.8. The normalized spacial score (nSPS) is 10.9. The van der Waals surface area contributed by atoms with Crippen molar-refractivity contribution >= 4 is 11.6 Å². The van der Waals surface area contributed by atoms with E-state index in [0.717, 1.165) is 29.0 Å². The number of carbonyl (C=O) groups excluding carboxylic acids is 1. The quantitative estimate of drug-likeness (QED) is 0.498. The fraction of sp³-hybridized carbons (Fsp3) is 0.130. The van der Waals surface area contributed by atoms with E-state index < -0.39 is 0 Å². The molecule has 0 fully saturated rings. The zero-order valence-electron chi connectivity index (χ0n) is 15.3. The van der Waals surface area contributed by atoms with E-state index in [4.69, 9.17) is 9.72 Å². The third-order valence-corrected chi connectivity index (χ3v) is 4.68. The topological polar surface area (TPSA) is 43.6 Å². The van der Waals surface area contributed by atoms with E-state index in [-0.39, 0.29) is 5.97 Å². The van der Waals surface area contributed by atoms with Crippen LogP contribution in [0.5, 0.6) is 0 Å². The number of hydrogen-bond donors (Lipinski definition) is 0. The number of hydrogen-bond acceptors (Lipinski definition) is 3. The summed E-state index contributed by atoms with van der Waals surface area (Å²) in [6.07, 6.45) is 2.53. The summed E-state index contributed by atoms with van der Waals surface area (Å²) in [5, 5.41) is 0. The molecule has 0 radical (unpaired) electrons. The van der Waals surface area contributed by atoms with E-state index in [2.05, 4.69) is 43.3 Å². The van der Waals surface area contributed by atoms with Gasteiger partial charge in [0, 0.05) is 18.2 Å². The van der Waals surface area contributed by atoms with Gasteiger partial charge in [0.05, 0.1) is 24.1 Å². The number of aromatic nitrogens is 2. The molecule has 27 heavy (non-hydrogen) atoms. The number of ether oxygens (including phenoxy) is 1. The molecule has 0 N–H and O–H groups in total. The van der Waals surface area contributed by atoms with Gasteiger partial charge in [0.15, 0.2) is 0 Å². The molecule has 0 aliphatic rings. The Kier molecular flexibility index (Phi) is 4.47. The van der Waals surface area contributed by atoms with Crippen molar-refractivity contribution < 1.29 is 9.53 Å². The lowest BCUT2D eigenvalue weighted by molar-refractivity contribution is 0.0600. The Morgan fingerprint density at radius 2 is 1.74 bits per heavy atom. The molecule has 4 aromatic rings. The lowest BCUT2D eigenvalue weighted by Crippen LogP contribution is -2.04. The van der Waals surface area contributed by atoms with Crippen molar-refractivity contribution in [3.05, 3.63) is 95.3 Å². The molecule has 4 rings (SSSR count). The van der Waals surface area contributed by atoms with Gasteiger partial charge in [0.2, 0.25) is 0 Å². The van der Waals surface area contributed by atoms with Crippen molar-refractivity contribution in [2.45, 2.75) is 13.3 Å². The van der Waals surface area contributed by atoms with E-state index in [9.17, 15) is 4.79 Å². The Bertz CT molecular complexity index is 1100. The largest absolute Gasteiger partial charge is 0.465 e. The van der Waals surface area contributed by atoms with Gasteiger partial charge in [-0.3, -0.25) is 0 Å². The third kappa shape index (κ3) is 3.34. The number of methoxy groups -OCH3 is 1. The Morgan fingerprint density at radius 1 is 1.00 bits per heavy atom. The van der Waals surface area contributed by atoms with Crippen molar-refractivity contribution in [2.75, 3.05) is 7.11 Å². The minimum absolute atomic E-state index is 0.354. The Balaban J connectivity index is 1.91. The SMILES string of the molecule is COC(=O)c1ccc2nc(-c3ccc(C)cc3)c(Cc3ccccc3)n2c1. The molecule has 4 heteroatoms. The molecular formula is C23H20N2O2. The van der Waals surface area contributed by atoms with E-state index in [0.29, 0.717) is 5.56 Å². The minimum atomic E-state index is -0.354. The summed E-state index contributed by atoms with van der Waals surface area (Å²) < 4.78 is 6.87. The predicted molar refractivity (Wildman–Crippen MR) is 106 cm³/mol. The highest BCUT2D eigenvalue weighted by atomic mass is 16.5. The predicted octanol–water partition coefficient (Wildman–Crippen LogP) is 4.69. The van der Waals surface area contributed by atoms with Crippen LogP contribution in [-0.4, -0.2) is 22.5 Å². The van der Waals surface area contributed by atoms with Crippen molar-refractivity contribution in [3.8, 4) is 11.3 Å². The van der Waals surface area contributed by atoms with Crippen LogP contribution in [0, 0.1) is 6.92 Å². The van der Waals surface area contributed by atoms with Gasteiger partial charge in [-0.2, -0.15) is 0 Å². The molecule has 2 aromatic carbocycles. The van der Waals surface area contributed by atoms with Crippen LogP contribution in [0.2, 0.25) is 0 Å². The minimum Gasteiger partial charge on any atom is -0.465 e. The van der Waals surface area contributed by atoms with Gasteiger partial charge in [-0.25, -0.2) is 9.78 Å². The number of esters is 1. The molecule has 0 saturated heterocycles. The number of pyridine rings is 1.